The van der Waals surface area contributed by atoms with Gasteiger partial charge in [-0.2, -0.15) is 4.31 Å². The summed E-state index contributed by atoms with van der Waals surface area (Å²) in [5.74, 6) is 0.548. The second-order valence-electron chi connectivity index (χ2n) is 4.34. The number of hydrogen-bond acceptors (Lipinski definition) is 3. The molecule has 1 aromatic heterocycles. The molecule has 0 aliphatic carbocycles. The summed E-state index contributed by atoms with van der Waals surface area (Å²) >= 11 is 11.7. The molecule has 0 bridgehead atoms. The van der Waals surface area contributed by atoms with E-state index in [1.807, 2.05) is 0 Å². The van der Waals surface area contributed by atoms with E-state index in [1.54, 1.807) is 25.1 Å². The largest absolute Gasteiger partial charge is 0.332 e. The molecule has 20 heavy (non-hydrogen) atoms. The quantitative estimate of drug-likeness (QED) is 0.935. The molecule has 108 valence electrons. The Morgan fingerprint density at radius 1 is 1.30 bits per heavy atom. The van der Waals surface area contributed by atoms with Gasteiger partial charge in [0.05, 0.1) is 16.2 Å². The number of hydrogen-bond donors (Lipinski definition) is 1. The first-order valence-electron chi connectivity index (χ1n) is 5.72. The molecular weight excluding hydrogens is 321 g/mol. The Bertz CT molecular complexity index is 728. The van der Waals surface area contributed by atoms with E-state index in [9.17, 15) is 8.42 Å². The highest BCUT2D eigenvalue weighted by atomic mass is 35.5. The molecule has 1 aromatic carbocycles. The number of rotatable bonds is 4. The predicted molar refractivity (Wildman–Crippen MR) is 78.4 cm³/mol. The van der Waals surface area contributed by atoms with Gasteiger partial charge in [0.25, 0.3) is 10.0 Å². The highest BCUT2D eigenvalue weighted by Gasteiger charge is 2.23. The van der Waals surface area contributed by atoms with Crippen molar-refractivity contribution in [2.24, 2.45) is 0 Å². The van der Waals surface area contributed by atoms with Crippen LogP contribution in [0.25, 0.3) is 0 Å². The van der Waals surface area contributed by atoms with E-state index in [2.05, 4.69) is 9.97 Å². The van der Waals surface area contributed by atoms with Crippen LogP contribution in [-0.2, 0) is 16.6 Å². The van der Waals surface area contributed by atoms with Gasteiger partial charge in [0.1, 0.15) is 5.82 Å². The predicted octanol–water partition coefficient (Wildman–Crippen LogP) is 2.85. The van der Waals surface area contributed by atoms with E-state index in [4.69, 9.17) is 23.2 Å². The fourth-order valence-electron chi connectivity index (χ4n) is 1.68. The summed E-state index contributed by atoms with van der Waals surface area (Å²) < 4.78 is 25.8. The lowest BCUT2D eigenvalue weighted by Gasteiger charge is -2.16. The third-order valence-electron chi connectivity index (χ3n) is 2.76. The zero-order valence-electron chi connectivity index (χ0n) is 10.9. The molecular formula is C12H13Cl2N3O2S. The minimum Gasteiger partial charge on any atom is -0.332 e. The van der Waals surface area contributed by atoms with Crippen LogP contribution in [-0.4, -0.2) is 29.7 Å². The Morgan fingerprint density at radius 3 is 2.55 bits per heavy atom. The van der Waals surface area contributed by atoms with Crippen LogP contribution < -0.4 is 0 Å². The molecule has 5 nitrogen and oxygen atoms in total. The van der Waals surface area contributed by atoms with Gasteiger partial charge in [-0.3, -0.25) is 0 Å². The van der Waals surface area contributed by atoms with Gasteiger partial charge in [-0.15, -0.1) is 0 Å². The molecule has 0 saturated heterocycles. The maximum absolute atomic E-state index is 12.3. The number of halogens is 2. The van der Waals surface area contributed by atoms with Crippen molar-refractivity contribution in [1.82, 2.24) is 14.3 Å². The Kier molecular flexibility index (Phi) is 4.39. The number of benzene rings is 1. The van der Waals surface area contributed by atoms with E-state index in [0.29, 0.717) is 15.9 Å². The minimum atomic E-state index is -3.60. The number of aromatic amines is 1. The van der Waals surface area contributed by atoms with Gasteiger partial charge in [0.2, 0.25) is 0 Å². The van der Waals surface area contributed by atoms with Crippen molar-refractivity contribution in [3.8, 4) is 0 Å². The molecule has 1 N–H and O–H groups in total. The monoisotopic (exact) mass is 333 g/mol. The SMILES string of the molecule is Cc1ncc(S(=O)(=O)N(C)Cc2ccc(Cl)c(Cl)c2)[nH]1. The Hall–Kier alpha value is -1.08. The maximum Gasteiger partial charge on any atom is 0.260 e. The van der Waals surface area contributed by atoms with Crippen molar-refractivity contribution in [1.29, 1.82) is 0 Å². The summed E-state index contributed by atoms with van der Waals surface area (Å²) in [4.78, 5) is 6.61. The maximum atomic E-state index is 12.3. The lowest BCUT2D eigenvalue weighted by atomic mass is 10.2. The van der Waals surface area contributed by atoms with Crippen molar-refractivity contribution < 1.29 is 8.42 Å². The van der Waals surface area contributed by atoms with Gasteiger partial charge in [-0.05, 0) is 24.6 Å². The smallest absolute Gasteiger partial charge is 0.260 e. The van der Waals surface area contributed by atoms with Crippen molar-refractivity contribution in [3.05, 3.63) is 45.8 Å². The summed E-state index contributed by atoms with van der Waals surface area (Å²) in [5.41, 5.74) is 0.752. The van der Waals surface area contributed by atoms with Gasteiger partial charge < -0.3 is 4.98 Å². The summed E-state index contributed by atoms with van der Waals surface area (Å²) in [5, 5.41) is 0.898. The van der Waals surface area contributed by atoms with Crippen molar-refractivity contribution >= 4 is 33.2 Å². The standard InChI is InChI=1S/C12H13Cl2N3O2S/c1-8-15-6-12(16-8)20(18,19)17(2)7-9-3-4-10(13)11(14)5-9/h3-6H,7H2,1-2H3,(H,15,16). The van der Waals surface area contributed by atoms with Gasteiger partial charge >= 0.3 is 0 Å². The Morgan fingerprint density at radius 2 is 2.00 bits per heavy atom. The van der Waals surface area contributed by atoms with E-state index in [1.165, 1.54) is 17.5 Å². The molecule has 0 saturated carbocycles. The van der Waals surface area contributed by atoms with Crippen LogP contribution in [0.2, 0.25) is 10.0 Å². The number of nitrogens with one attached hydrogen (secondary N) is 1. The fourth-order valence-corrected chi connectivity index (χ4v) is 3.12. The summed E-state index contributed by atoms with van der Waals surface area (Å²) in [6, 6.07) is 5.02. The average Bonchev–Trinajstić information content (AvgIpc) is 2.81. The molecule has 8 heteroatoms. The van der Waals surface area contributed by atoms with Gasteiger partial charge in [-0.1, -0.05) is 29.3 Å². The molecule has 0 aliphatic heterocycles. The van der Waals surface area contributed by atoms with Crippen molar-refractivity contribution in [2.45, 2.75) is 18.5 Å². The number of aryl methyl sites for hydroxylation is 1. The fraction of sp³-hybridized carbons (Fsp3) is 0.250. The highest BCUT2D eigenvalue weighted by Crippen LogP contribution is 2.24. The van der Waals surface area contributed by atoms with E-state index in [0.717, 1.165) is 5.56 Å². The lowest BCUT2D eigenvalue weighted by molar-refractivity contribution is 0.464. The van der Waals surface area contributed by atoms with Crippen molar-refractivity contribution in [3.63, 3.8) is 0 Å². The van der Waals surface area contributed by atoms with Gasteiger partial charge in [0, 0.05) is 13.6 Å². The Balaban J connectivity index is 2.23. The first-order chi connectivity index (χ1) is 9.30. The summed E-state index contributed by atoms with van der Waals surface area (Å²) in [7, 11) is -2.11. The van der Waals surface area contributed by atoms with Crippen LogP contribution >= 0.6 is 23.2 Å². The zero-order chi connectivity index (χ0) is 14.9. The molecule has 2 aromatic rings. The number of imidazole rings is 1. The topological polar surface area (TPSA) is 66.1 Å². The minimum absolute atomic E-state index is 0.0672. The molecule has 2 rings (SSSR count). The first kappa shape index (κ1) is 15.3. The van der Waals surface area contributed by atoms with Crippen LogP contribution in [0.4, 0.5) is 0 Å². The van der Waals surface area contributed by atoms with Crippen LogP contribution in [0.3, 0.4) is 0 Å². The van der Waals surface area contributed by atoms with E-state index >= 15 is 0 Å². The second-order valence-corrected chi connectivity index (χ2v) is 7.17. The Labute approximate surface area is 127 Å². The number of H-pyrrole nitrogens is 1. The van der Waals surface area contributed by atoms with Crippen LogP contribution in [0.15, 0.2) is 29.4 Å². The first-order valence-corrected chi connectivity index (χ1v) is 7.92. The molecule has 0 amide bonds. The van der Waals surface area contributed by atoms with Crippen LogP contribution in [0.1, 0.15) is 11.4 Å². The molecule has 0 fully saturated rings. The highest BCUT2D eigenvalue weighted by molar-refractivity contribution is 7.89. The number of sulfonamides is 1. The third kappa shape index (κ3) is 3.15. The molecule has 0 radical (unpaired) electrons. The van der Waals surface area contributed by atoms with Crippen LogP contribution in [0.5, 0.6) is 0 Å². The summed E-state index contributed by atoms with van der Waals surface area (Å²) in [6.45, 7) is 1.88. The van der Waals surface area contributed by atoms with Crippen LogP contribution in [0, 0.1) is 6.92 Å². The zero-order valence-corrected chi connectivity index (χ0v) is 13.2. The average molecular weight is 334 g/mol. The third-order valence-corrected chi connectivity index (χ3v) is 5.21. The normalized spacial score (nSPS) is 12.1. The van der Waals surface area contributed by atoms with Gasteiger partial charge in [-0.25, -0.2) is 13.4 Å². The molecule has 0 spiro atoms. The molecule has 1 heterocycles. The molecule has 0 atom stereocenters. The van der Waals surface area contributed by atoms with Crippen molar-refractivity contribution in [2.75, 3.05) is 7.05 Å². The number of aromatic nitrogens is 2. The second kappa shape index (κ2) is 5.73. The lowest BCUT2D eigenvalue weighted by Crippen LogP contribution is -2.26. The molecule has 0 aliphatic rings. The molecule has 0 unspecified atom stereocenters. The van der Waals surface area contributed by atoms with Gasteiger partial charge in [0.15, 0.2) is 5.03 Å². The number of nitrogens with zero attached hydrogens (tertiary/aromatic N) is 2. The summed E-state index contributed by atoms with van der Waals surface area (Å²) in [6.07, 6.45) is 1.30. The van der Waals surface area contributed by atoms with E-state index < -0.39 is 10.0 Å². The van der Waals surface area contributed by atoms with E-state index in [-0.39, 0.29) is 11.6 Å².